The van der Waals surface area contributed by atoms with E-state index < -0.39 is 10.0 Å². The minimum Gasteiger partial charge on any atom is -0.575 e. The van der Waals surface area contributed by atoms with Gasteiger partial charge in [-0.2, -0.15) is 0 Å². The fourth-order valence-electron chi connectivity index (χ4n) is 1.41. The molecular weight excluding hydrogens is 274 g/mol. The number of hydrogen-bond acceptors (Lipinski definition) is 3. The summed E-state index contributed by atoms with van der Waals surface area (Å²) in [6, 6.07) is 0. The molecule has 1 aromatic rings. The third kappa shape index (κ3) is 2.63. The molecular formula is C8H9N2O2RbS. The van der Waals surface area contributed by atoms with Crippen LogP contribution in [0, 0.1) is 6.92 Å². The van der Waals surface area contributed by atoms with Crippen LogP contribution in [0.3, 0.4) is 0 Å². The van der Waals surface area contributed by atoms with Gasteiger partial charge < -0.3 is 4.72 Å². The van der Waals surface area contributed by atoms with E-state index in [1.165, 1.54) is 6.20 Å². The smallest absolute Gasteiger partial charge is 0.575 e. The van der Waals surface area contributed by atoms with Crippen molar-refractivity contribution in [2.45, 2.75) is 13.3 Å². The first kappa shape index (κ1) is 12.8. The molecule has 2 heterocycles. The van der Waals surface area contributed by atoms with Crippen LogP contribution in [0.5, 0.6) is 0 Å². The zero-order chi connectivity index (χ0) is 9.47. The van der Waals surface area contributed by atoms with Gasteiger partial charge in [0.1, 0.15) is 0 Å². The van der Waals surface area contributed by atoms with Crippen molar-refractivity contribution in [3.8, 4) is 0 Å². The van der Waals surface area contributed by atoms with Crippen molar-refractivity contribution >= 4 is 15.7 Å². The predicted molar refractivity (Wildman–Crippen MR) is 49.5 cm³/mol. The molecule has 0 unspecified atom stereocenters. The average molecular weight is 283 g/mol. The Hall–Kier alpha value is 0.705. The summed E-state index contributed by atoms with van der Waals surface area (Å²) < 4.78 is 25.9. The van der Waals surface area contributed by atoms with Gasteiger partial charge in [-0.25, -0.2) is 8.42 Å². The molecule has 0 saturated heterocycles. The monoisotopic (exact) mass is 282 g/mol. The summed E-state index contributed by atoms with van der Waals surface area (Å²) in [6.07, 6.45) is 3.78. The van der Waals surface area contributed by atoms with Gasteiger partial charge in [-0.1, -0.05) is 5.56 Å². The standard InChI is InChI=1S/C8H9N2O2S.Rb/c1-6-4-9-5-8-7(6)2-3-13(11,12)10-8;/h4-5H,2-3H2,1H3;/q-1;+1. The number of sulfonamides is 1. The van der Waals surface area contributed by atoms with Crippen LogP contribution in [-0.4, -0.2) is 19.2 Å². The number of fused-ring (bicyclic) bond motifs is 1. The summed E-state index contributed by atoms with van der Waals surface area (Å²) in [5.74, 6) is 0.116. The number of aryl methyl sites for hydroxylation is 1. The maximum atomic E-state index is 11.1. The van der Waals surface area contributed by atoms with Gasteiger partial charge in [-0.3, -0.25) is 4.98 Å². The van der Waals surface area contributed by atoms with Crippen molar-refractivity contribution in [2.24, 2.45) is 0 Å². The molecule has 14 heavy (non-hydrogen) atoms. The van der Waals surface area contributed by atoms with E-state index in [9.17, 15) is 8.42 Å². The molecule has 0 N–H and O–H groups in total. The summed E-state index contributed by atoms with van der Waals surface area (Å²) >= 11 is 0. The van der Waals surface area contributed by atoms with Gasteiger partial charge in [0.25, 0.3) is 0 Å². The Morgan fingerprint density at radius 2 is 2.14 bits per heavy atom. The van der Waals surface area contributed by atoms with Crippen molar-refractivity contribution in [1.29, 1.82) is 0 Å². The van der Waals surface area contributed by atoms with Crippen LogP contribution in [0.4, 0.5) is 5.69 Å². The van der Waals surface area contributed by atoms with Crippen molar-refractivity contribution in [2.75, 3.05) is 5.75 Å². The second-order valence-electron chi connectivity index (χ2n) is 3.08. The minimum absolute atomic E-state index is 0. The minimum atomic E-state index is -3.23. The van der Waals surface area contributed by atoms with Gasteiger partial charge in [0.15, 0.2) is 0 Å². The van der Waals surface area contributed by atoms with Gasteiger partial charge in [0, 0.05) is 18.1 Å². The zero-order valence-electron chi connectivity index (χ0n) is 8.19. The van der Waals surface area contributed by atoms with Gasteiger partial charge in [0.05, 0.1) is 10.0 Å². The van der Waals surface area contributed by atoms with Crippen LogP contribution in [0.15, 0.2) is 12.4 Å². The van der Waals surface area contributed by atoms with Crippen molar-refractivity contribution in [1.82, 2.24) is 4.98 Å². The first-order chi connectivity index (χ1) is 6.08. The summed E-state index contributed by atoms with van der Waals surface area (Å²) in [6.45, 7) is 1.92. The molecule has 0 fully saturated rings. The second-order valence-corrected chi connectivity index (χ2v) is 4.84. The van der Waals surface area contributed by atoms with Gasteiger partial charge in [-0.05, 0) is 18.9 Å². The second kappa shape index (κ2) is 4.70. The van der Waals surface area contributed by atoms with Gasteiger partial charge >= 0.3 is 58.2 Å². The maximum Gasteiger partial charge on any atom is 1.00 e. The van der Waals surface area contributed by atoms with E-state index >= 15 is 0 Å². The molecule has 0 bridgehead atoms. The summed E-state index contributed by atoms with van der Waals surface area (Å²) in [5.41, 5.74) is 2.52. The molecule has 70 valence electrons. The molecule has 0 radical (unpaired) electrons. The average Bonchev–Trinajstić information content (AvgIpc) is 2.02. The Kier molecular flexibility index (Phi) is 4.28. The molecule has 1 aliphatic rings. The van der Waals surface area contributed by atoms with E-state index in [1.807, 2.05) is 6.92 Å². The van der Waals surface area contributed by atoms with E-state index in [0.717, 1.165) is 11.1 Å². The molecule has 4 nitrogen and oxygen atoms in total. The zero-order valence-corrected chi connectivity index (χ0v) is 13.9. The molecule has 0 aromatic carbocycles. The van der Waals surface area contributed by atoms with Crippen molar-refractivity contribution in [3.63, 3.8) is 0 Å². The quantitative estimate of drug-likeness (QED) is 0.569. The first-order valence-corrected chi connectivity index (χ1v) is 5.58. The van der Waals surface area contributed by atoms with Gasteiger partial charge in [0.2, 0.25) is 0 Å². The number of hydrogen-bond donors (Lipinski definition) is 0. The molecule has 0 atom stereocenters. The molecule has 0 aliphatic carbocycles. The van der Waals surface area contributed by atoms with Crippen LogP contribution < -0.4 is 58.2 Å². The number of pyridine rings is 1. The Morgan fingerprint density at radius 1 is 1.43 bits per heavy atom. The van der Waals surface area contributed by atoms with E-state index in [4.69, 9.17) is 0 Å². The Bertz CT molecular complexity index is 445. The third-order valence-electron chi connectivity index (χ3n) is 2.10. The SMILES string of the molecule is Cc1cncc2c1CCS(=O)(=O)[N-]2.[Rb+]. The Labute approximate surface area is 132 Å². The number of rotatable bonds is 0. The van der Waals surface area contributed by atoms with Gasteiger partial charge in [-0.15, -0.1) is 5.69 Å². The topological polar surface area (TPSA) is 61.1 Å². The normalized spacial score (nSPS) is 17.5. The molecule has 1 aliphatic heterocycles. The number of aromatic nitrogens is 1. The predicted octanol–water partition coefficient (Wildman–Crippen LogP) is -1.71. The molecule has 0 spiro atoms. The fourth-order valence-corrected chi connectivity index (χ4v) is 2.42. The van der Waals surface area contributed by atoms with E-state index in [0.29, 0.717) is 12.1 Å². The summed E-state index contributed by atoms with van der Waals surface area (Å²) in [5, 5.41) is 0. The summed E-state index contributed by atoms with van der Waals surface area (Å²) in [7, 11) is -3.23. The van der Waals surface area contributed by atoms with E-state index in [1.54, 1.807) is 6.20 Å². The third-order valence-corrected chi connectivity index (χ3v) is 3.29. The largest absolute Gasteiger partial charge is 1.00 e. The van der Waals surface area contributed by atoms with Crippen LogP contribution in [0.1, 0.15) is 11.1 Å². The number of nitrogens with zero attached hydrogens (tertiary/aromatic N) is 2. The van der Waals surface area contributed by atoms with E-state index in [2.05, 4.69) is 9.71 Å². The van der Waals surface area contributed by atoms with Crippen LogP contribution in [0.2, 0.25) is 0 Å². The molecule has 6 heteroatoms. The fraction of sp³-hybridized carbons (Fsp3) is 0.375. The van der Waals surface area contributed by atoms with Crippen molar-refractivity contribution in [3.05, 3.63) is 28.2 Å². The van der Waals surface area contributed by atoms with Crippen LogP contribution in [0.25, 0.3) is 4.72 Å². The molecule has 0 amide bonds. The summed E-state index contributed by atoms with van der Waals surface area (Å²) in [4.78, 5) is 3.90. The maximum absolute atomic E-state index is 11.1. The van der Waals surface area contributed by atoms with E-state index in [-0.39, 0.29) is 63.9 Å². The molecule has 1 aromatic heterocycles. The van der Waals surface area contributed by atoms with Crippen LogP contribution in [-0.2, 0) is 16.4 Å². The molecule has 0 saturated carbocycles. The Balaban J connectivity index is 0.000000980. The first-order valence-electron chi connectivity index (χ1n) is 3.98. The Morgan fingerprint density at radius 3 is 2.86 bits per heavy atom. The molecule has 2 rings (SSSR count). The van der Waals surface area contributed by atoms with Crippen LogP contribution >= 0.6 is 0 Å². The van der Waals surface area contributed by atoms with Crippen molar-refractivity contribution < 1.29 is 66.6 Å².